The molecule has 1 N–H and O–H groups in total. The second kappa shape index (κ2) is 11.4. The van der Waals surface area contributed by atoms with Crippen LogP contribution in [-0.2, 0) is 25.8 Å². The molecule has 1 unspecified atom stereocenters. The largest absolute Gasteiger partial charge is 0.465 e. The second-order valence-corrected chi connectivity index (χ2v) is 12.4. The highest BCUT2D eigenvalue weighted by Crippen LogP contribution is 2.60. The number of para-hydroxylation sites is 1. The average Bonchev–Trinajstić information content (AvgIpc) is 3.56. The first-order valence-electron chi connectivity index (χ1n) is 14.2. The smallest absolute Gasteiger partial charge is 0.311 e. The molecule has 0 bridgehead atoms. The highest BCUT2D eigenvalue weighted by Gasteiger charge is 2.70. The van der Waals surface area contributed by atoms with Crippen molar-refractivity contribution in [1.29, 1.82) is 0 Å². The number of hydrogen-bond acceptors (Lipinski definition) is 8. The fourth-order valence-electron chi connectivity index (χ4n) is 6.60. The van der Waals surface area contributed by atoms with Crippen LogP contribution in [0, 0.1) is 11.8 Å². The molecular formula is C29H35N5O5S. The number of nitrogens with zero attached hydrogens (tertiary/aromatic N) is 5. The first kappa shape index (κ1) is 27.0. The Morgan fingerprint density at radius 1 is 1.07 bits per heavy atom. The lowest BCUT2D eigenvalue weighted by Crippen LogP contribution is -2.53. The standard InChI is InChI=1S/C29H35N5O5S/c35-17-8-2-1-7-16-33-25-27(37)32(19-34-21-12-6-5-11-20(21)30-31-34)15-10-14-29(25)24(26(33)36)23-22(40-29)13-4-3-9-18-39-28(23)38/h4-6,10-14,22-25,35H,1-3,7-9,15-19H2/b13-4-/t22-,23+,24+,25?,29+/m1/s1. The van der Waals surface area contributed by atoms with Crippen LogP contribution in [0.25, 0.3) is 11.0 Å². The molecule has 11 heteroatoms. The Balaban J connectivity index is 1.35. The summed E-state index contributed by atoms with van der Waals surface area (Å²) in [5, 5.41) is 17.4. The van der Waals surface area contributed by atoms with E-state index in [4.69, 9.17) is 9.84 Å². The van der Waals surface area contributed by atoms with Gasteiger partial charge in [-0.1, -0.05) is 54.5 Å². The van der Waals surface area contributed by atoms with E-state index in [1.54, 1.807) is 26.2 Å². The third kappa shape index (κ3) is 4.62. The lowest BCUT2D eigenvalue weighted by Gasteiger charge is -2.35. The van der Waals surface area contributed by atoms with Gasteiger partial charge in [0.15, 0.2) is 0 Å². The van der Waals surface area contributed by atoms with Gasteiger partial charge in [0, 0.05) is 24.9 Å². The third-order valence-corrected chi connectivity index (χ3v) is 10.2. The number of benzene rings is 1. The number of carbonyl (C=O) groups is 3. The van der Waals surface area contributed by atoms with Gasteiger partial charge in [0.1, 0.15) is 18.2 Å². The van der Waals surface area contributed by atoms with Crippen LogP contribution in [0.2, 0.25) is 0 Å². The number of esters is 1. The lowest BCUT2D eigenvalue weighted by molar-refractivity contribution is -0.153. The number of cyclic esters (lactones) is 1. The van der Waals surface area contributed by atoms with Crippen molar-refractivity contribution in [2.24, 2.45) is 11.8 Å². The summed E-state index contributed by atoms with van der Waals surface area (Å²) in [6, 6.07) is 6.88. The zero-order valence-corrected chi connectivity index (χ0v) is 23.2. The van der Waals surface area contributed by atoms with Gasteiger partial charge in [-0.15, -0.1) is 16.9 Å². The van der Waals surface area contributed by atoms with Gasteiger partial charge in [0.05, 0.1) is 28.7 Å². The van der Waals surface area contributed by atoms with E-state index in [1.807, 2.05) is 42.5 Å². The molecule has 212 valence electrons. The first-order valence-corrected chi connectivity index (χ1v) is 15.1. The molecule has 2 amide bonds. The van der Waals surface area contributed by atoms with Gasteiger partial charge in [0.25, 0.3) is 0 Å². The molecule has 0 aliphatic carbocycles. The number of likely N-dealkylation sites (tertiary alicyclic amines) is 1. The van der Waals surface area contributed by atoms with E-state index in [9.17, 15) is 14.4 Å². The van der Waals surface area contributed by atoms with Crippen LogP contribution in [0.4, 0.5) is 0 Å². The minimum absolute atomic E-state index is 0.140. The van der Waals surface area contributed by atoms with Crippen LogP contribution in [-0.4, -0.2) is 90.0 Å². The number of allylic oxidation sites excluding steroid dienone is 1. The number of aromatic nitrogens is 3. The predicted octanol–water partition coefficient (Wildman–Crippen LogP) is 2.53. The van der Waals surface area contributed by atoms with E-state index < -0.39 is 22.6 Å². The van der Waals surface area contributed by atoms with Crippen LogP contribution in [0.3, 0.4) is 0 Å². The van der Waals surface area contributed by atoms with Crippen molar-refractivity contribution in [3.05, 3.63) is 48.6 Å². The number of carbonyl (C=O) groups excluding carboxylic acids is 3. The van der Waals surface area contributed by atoms with Gasteiger partial charge in [0.2, 0.25) is 11.8 Å². The van der Waals surface area contributed by atoms with Crippen molar-refractivity contribution in [2.45, 2.75) is 61.2 Å². The lowest BCUT2D eigenvalue weighted by atomic mass is 9.78. The molecule has 4 aliphatic heterocycles. The zero-order valence-electron chi connectivity index (χ0n) is 22.4. The molecule has 1 aromatic heterocycles. The van der Waals surface area contributed by atoms with Gasteiger partial charge in [-0.25, -0.2) is 4.68 Å². The number of hydrogen-bond donors (Lipinski definition) is 1. The second-order valence-electron chi connectivity index (χ2n) is 10.9. The molecule has 40 heavy (non-hydrogen) atoms. The summed E-state index contributed by atoms with van der Waals surface area (Å²) in [5.74, 6) is -1.96. The average molecular weight is 566 g/mol. The molecular weight excluding hydrogens is 530 g/mol. The van der Waals surface area contributed by atoms with Gasteiger partial charge in [-0.3, -0.25) is 14.4 Å². The predicted molar refractivity (Wildman–Crippen MR) is 150 cm³/mol. The van der Waals surface area contributed by atoms with Crippen LogP contribution < -0.4 is 0 Å². The minimum atomic E-state index is -0.865. The van der Waals surface area contributed by atoms with Gasteiger partial charge < -0.3 is 19.6 Å². The SMILES string of the molecule is O=C1OCCC/C=C\[C@H]2S[C@]34C=CCN(Cn5nnc6ccccc65)C(=O)C3N(CCCCCCO)C(=O)[C@@H]4[C@@H]12. The van der Waals surface area contributed by atoms with Crippen molar-refractivity contribution in [3.8, 4) is 0 Å². The first-order chi connectivity index (χ1) is 19.5. The van der Waals surface area contributed by atoms with E-state index in [1.165, 1.54) is 0 Å². The summed E-state index contributed by atoms with van der Waals surface area (Å²) < 4.78 is 6.49. The molecule has 2 aromatic rings. The Bertz CT molecular complexity index is 1340. The summed E-state index contributed by atoms with van der Waals surface area (Å²) in [6.45, 7) is 1.47. The number of rotatable bonds is 8. The third-order valence-electron chi connectivity index (χ3n) is 8.47. The topological polar surface area (TPSA) is 118 Å². The summed E-state index contributed by atoms with van der Waals surface area (Å²) >= 11 is 1.56. The summed E-state index contributed by atoms with van der Waals surface area (Å²) in [7, 11) is 0. The van der Waals surface area contributed by atoms with Crippen LogP contribution >= 0.6 is 11.8 Å². The number of ether oxygens (including phenoxy) is 1. The Morgan fingerprint density at radius 3 is 2.80 bits per heavy atom. The highest BCUT2D eigenvalue weighted by atomic mass is 32.2. The fourth-order valence-corrected chi connectivity index (χ4v) is 8.60. The summed E-state index contributed by atoms with van der Waals surface area (Å²) in [5.41, 5.74) is 1.58. The molecule has 2 saturated heterocycles. The highest BCUT2D eigenvalue weighted by molar-refractivity contribution is 8.02. The van der Waals surface area contributed by atoms with Crippen molar-refractivity contribution in [1.82, 2.24) is 24.8 Å². The van der Waals surface area contributed by atoms with Crippen LogP contribution in [0.15, 0.2) is 48.6 Å². The van der Waals surface area contributed by atoms with E-state index in [2.05, 4.69) is 16.4 Å². The van der Waals surface area contributed by atoms with Crippen LogP contribution in [0.1, 0.15) is 38.5 Å². The van der Waals surface area contributed by atoms with E-state index in [0.29, 0.717) is 26.1 Å². The monoisotopic (exact) mass is 565 g/mol. The van der Waals surface area contributed by atoms with E-state index >= 15 is 0 Å². The number of aliphatic hydroxyl groups excluding tert-OH is 1. The molecule has 4 aliphatic rings. The van der Waals surface area contributed by atoms with Gasteiger partial charge in [-0.2, -0.15) is 0 Å². The maximum Gasteiger partial charge on any atom is 0.311 e. The van der Waals surface area contributed by atoms with Gasteiger partial charge in [-0.05, 0) is 37.8 Å². The number of amides is 2. The molecule has 5 atom stereocenters. The normalized spacial score (nSPS) is 30.8. The molecule has 0 saturated carbocycles. The maximum absolute atomic E-state index is 14.4. The van der Waals surface area contributed by atoms with E-state index in [-0.39, 0.29) is 36.3 Å². The Morgan fingerprint density at radius 2 is 1.93 bits per heavy atom. The van der Waals surface area contributed by atoms with Crippen molar-refractivity contribution < 1.29 is 24.2 Å². The maximum atomic E-state index is 14.4. The molecule has 1 aromatic carbocycles. The molecule has 1 spiro atoms. The quantitative estimate of drug-likeness (QED) is 0.295. The Hall–Kier alpha value is -3.18. The molecule has 6 rings (SSSR count). The summed E-state index contributed by atoms with van der Waals surface area (Å²) in [4.78, 5) is 45.5. The molecule has 2 fully saturated rings. The number of thioether (sulfide) groups is 1. The minimum Gasteiger partial charge on any atom is -0.465 e. The number of unbranched alkanes of at least 4 members (excludes halogenated alkanes) is 3. The Kier molecular flexibility index (Phi) is 7.67. The Labute approximate surface area is 237 Å². The van der Waals surface area contributed by atoms with Crippen LogP contribution in [0.5, 0.6) is 0 Å². The van der Waals surface area contributed by atoms with E-state index in [0.717, 1.165) is 43.1 Å². The summed E-state index contributed by atoms with van der Waals surface area (Å²) in [6.07, 6.45) is 12.8. The number of fused-ring (bicyclic) bond motifs is 3. The van der Waals surface area contributed by atoms with Gasteiger partial charge >= 0.3 is 5.97 Å². The van der Waals surface area contributed by atoms with Crippen molar-refractivity contribution in [3.63, 3.8) is 0 Å². The molecule has 10 nitrogen and oxygen atoms in total. The number of aliphatic hydroxyl groups is 1. The van der Waals surface area contributed by atoms with Crippen molar-refractivity contribution >= 4 is 40.6 Å². The molecule has 5 heterocycles. The fraction of sp³-hybridized carbons (Fsp3) is 0.552. The molecule has 0 radical (unpaired) electrons. The zero-order chi connectivity index (χ0) is 27.7. The van der Waals surface area contributed by atoms with Crippen molar-refractivity contribution in [2.75, 3.05) is 26.3 Å².